The largest absolute Gasteiger partial charge is 0.388 e. The number of nitrogens with zero attached hydrogens (tertiary/aromatic N) is 2. The summed E-state index contributed by atoms with van der Waals surface area (Å²) in [4.78, 5) is 16.4. The van der Waals surface area contributed by atoms with Gasteiger partial charge in [0.15, 0.2) is 0 Å². The number of aliphatic hydroxyl groups is 1. The molecule has 1 aliphatic rings. The molecule has 1 amide bonds. The van der Waals surface area contributed by atoms with Gasteiger partial charge in [0.1, 0.15) is 0 Å². The summed E-state index contributed by atoms with van der Waals surface area (Å²) in [7, 11) is 4.00. The minimum Gasteiger partial charge on any atom is -0.388 e. The maximum Gasteiger partial charge on any atom is 0.222 e. The lowest BCUT2D eigenvalue weighted by Gasteiger charge is -2.29. The summed E-state index contributed by atoms with van der Waals surface area (Å²) in [5.41, 5.74) is 0.916. The van der Waals surface area contributed by atoms with E-state index in [1.165, 1.54) is 12.8 Å². The van der Waals surface area contributed by atoms with Crippen molar-refractivity contribution in [3.8, 4) is 0 Å². The van der Waals surface area contributed by atoms with Crippen LogP contribution in [0.25, 0.3) is 0 Å². The monoisotopic (exact) mass is 318 g/mol. The number of amides is 1. The number of likely N-dealkylation sites (tertiary alicyclic amines) is 1. The summed E-state index contributed by atoms with van der Waals surface area (Å²) in [5.74, 6) is 0.891. The Morgan fingerprint density at radius 3 is 2.61 bits per heavy atom. The van der Waals surface area contributed by atoms with Crippen molar-refractivity contribution in [1.29, 1.82) is 0 Å². The molecule has 1 aromatic carbocycles. The number of benzene rings is 1. The molecule has 23 heavy (non-hydrogen) atoms. The van der Waals surface area contributed by atoms with Crippen molar-refractivity contribution >= 4 is 5.91 Å². The predicted octanol–water partition coefficient (Wildman–Crippen LogP) is 2.69. The number of piperidine rings is 1. The fourth-order valence-electron chi connectivity index (χ4n) is 3.15. The molecule has 128 valence electrons. The van der Waals surface area contributed by atoms with Crippen LogP contribution in [0.1, 0.15) is 43.8 Å². The average molecular weight is 318 g/mol. The number of hydrogen-bond acceptors (Lipinski definition) is 3. The Morgan fingerprint density at radius 2 is 1.96 bits per heavy atom. The molecule has 1 aromatic rings. The standard InChI is InChI=1S/C19H30N2O2/c1-20-13-10-16(11-14-20)8-9-19(23)21(2)15-12-18(22)17-6-4-3-5-7-17/h3-7,16,18,22H,8-15H2,1-2H3. The van der Waals surface area contributed by atoms with Crippen LogP contribution in [0.5, 0.6) is 0 Å². The van der Waals surface area contributed by atoms with Crippen LogP contribution < -0.4 is 0 Å². The van der Waals surface area contributed by atoms with Crippen molar-refractivity contribution in [1.82, 2.24) is 9.80 Å². The highest BCUT2D eigenvalue weighted by atomic mass is 16.3. The molecule has 1 aliphatic heterocycles. The van der Waals surface area contributed by atoms with Gasteiger partial charge in [-0.25, -0.2) is 0 Å². The first-order valence-electron chi connectivity index (χ1n) is 8.71. The summed E-state index contributed by atoms with van der Waals surface area (Å²) >= 11 is 0. The Labute approximate surface area is 140 Å². The fourth-order valence-corrected chi connectivity index (χ4v) is 3.15. The van der Waals surface area contributed by atoms with E-state index in [1.807, 2.05) is 37.4 Å². The Hall–Kier alpha value is -1.39. The van der Waals surface area contributed by atoms with E-state index >= 15 is 0 Å². The first-order chi connectivity index (χ1) is 11.1. The van der Waals surface area contributed by atoms with Gasteiger partial charge in [0.05, 0.1) is 6.10 Å². The summed E-state index contributed by atoms with van der Waals surface area (Å²) < 4.78 is 0. The molecule has 1 saturated heterocycles. The summed E-state index contributed by atoms with van der Waals surface area (Å²) in [6.07, 6.45) is 4.13. The van der Waals surface area contributed by atoms with Crippen molar-refractivity contribution in [3.63, 3.8) is 0 Å². The van der Waals surface area contributed by atoms with E-state index in [-0.39, 0.29) is 5.91 Å². The van der Waals surface area contributed by atoms with Gasteiger partial charge in [0.25, 0.3) is 0 Å². The first kappa shape index (κ1) is 18.0. The lowest BCUT2D eigenvalue weighted by atomic mass is 9.92. The van der Waals surface area contributed by atoms with E-state index in [4.69, 9.17) is 0 Å². The van der Waals surface area contributed by atoms with E-state index < -0.39 is 6.10 Å². The fraction of sp³-hybridized carbons (Fsp3) is 0.632. The van der Waals surface area contributed by atoms with E-state index in [2.05, 4.69) is 11.9 Å². The van der Waals surface area contributed by atoms with Crippen molar-refractivity contribution in [2.75, 3.05) is 33.7 Å². The molecule has 4 heteroatoms. The second-order valence-corrected chi connectivity index (χ2v) is 6.82. The summed E-state index contributed by atoms with van der Waals surface area (Å²) in [5, 5.41) is 10.2. The number of rotatable bonds is 7. The van der Waals surface area contributed by atoms with Crippen molar-refractivity contribution in [2.45, 2.75) is 38.2 Å². The molecular weight excluding hydrogens is 288 g/mol. The molecule has 0 aromatic heterocycles. The van der Waals surface area contributed by atoms with Crippen LogP contribution in [0.2, 0.25) is 0 Å². The minimum atomic E-state index is -0.500. The molecule has 0 aliphatic carbocycles. The van der Waals surface area contributed by atoms with Gasteiger partial charge in [-0.05, 0) is 57.3 Å². The average Bonchev–Trinajstić information content (AvgIpc) is 2.59. The lowest BCUT2D eigenvalue weighted by Crippen LogP contribution is -2.32. The van der Waals surface area contributed by atoms with Crippen LogP contribution in [-0.2, 0) is 4.79 Å². The Morgan fingerprint density at radius 1 is 1.30 bits per heavy atom. The maximum absolute atomic E-state index is 12.2. The molecule has 0 spiro atoms. The second kappa shape index (κ2) is 9.04. The highest BCUT2D eigenvalue weighted by Gasteiger charge is 2.19. The van der Waals surface area contributed by atoms with Gasteiger partial charge in [0, 0.05) is 20.0 Å². The van der Waals surface area contributed by atoms with Crippen molar-refractivity contribution < 1.29 is 9.90 Å². The van der Waals surface area contributed by atoms with E-state index in [9.17, 15) is 9.90 Å². The van der Waals surface area contributed by atoms with Gasteiger partial charge in [0.2, 0.25) is 5.91 Å². The molecule has 1 fully saturated rings. The predicted molar refractivity (Wildman–Crippen MR) is 93.1 cm³/mol. The van der Waals surface area contributed by atoms with Crippen LogP contribution in [0.15, 0.2) is 30.3 Å². The van der Waals surface area contributed by atoms with Crippen LogP contribution in [-0.4, -0.2) is 54.5 Å². The number of carbonyl (C=O) groups is 1. The van der Waals surface area contributed by atoms with E-state index in [0.717, 1.165) is 25.1 Å². The summed E-state index contributed by atoms with van der Waals surface area (Å²) in [6, 6.07) is 9.64. The van der Waals surface area contributed by atoms with Gasteiger partial charge in [-0.15, -0.1) is 0 Å². The zero-order chi connectivity index (χ0) is 16.7. The molecule has 0 radical (unpaired) electrons. The molecule has 1 unspecified atom stereocenters. The number of carbonyl (C=O) groups excluding carboxylic acids is 1. The van der Waals surface area contributed by atoms with Gasteiger partial charge < -0.3 is 14.9 Å². The molecule has 1 heterocycles. The van der Waals surface area contributed by atoms with E-state index in [0.29, 0.717) is 25.3 Å². The molecular formula is C19H30N2O2. The highest BCUT2D eigenvalue weighted by Crippen LogP contribution is 2.21. The van der Waals surface area contributed by atoms with Crippen LogP contribution in [0.3, 0.4) is 0 Å². The third-order valence-electron chi connectivity index (χ3n) is 4.95. The van der Waals surface area contributed by atoms with Crippen molar-refractivity contribution in [3.05, 3.63) is 35.9 Å². The summed E-state index contributed by atoms with van der Waals surface area (Å²) in [6.45, 7) is 2.90. The topological polar surface area (TPSA) is 43.8 Å². The molecule has 4 nitrogen and oxygen atoms in total. The zero-order valence-electron chi connectivity index (χ0n) is 14.4. The third-order valence-corrected chi connectivity index (χ3v) is 4.95. The molecule has 1 N–H and O–H groups in total. The van der Waals surface area contributed by atoms with Crippen LogP contribution in [0.4, 0.5) is 0 Å². The maximum atomic E-state index is 12.2. The molecule has 0 bridgehead atoms. The van der Waals surface area contributed by atoms with Gasteiger partial charge in [-0.2, -0.15) is 0 Å². The Balaban J connectivity index is 1.66. The van der Waals surface area contributed by atoms with E-state index in [1.54, 1.807) is 4.90 Å². The molecule has 1 atom stereocenters. The van der Waals surface area contributed by atoms with Crippen LogP contribution in [0, 0.1) is 5.92 Å². The molecule has 0 saturated carbocycles. The molecule has 2 rings (SSSR count). The normalized spacial score (nSPS) is 17.9. The smallest absolute Gasteiger partial charge is 0.222 e. The van der Waals surface area contributed by atoms with Crippen molar-refractivity contribution in [2.24, 2.45) is 5.92 Å². The quantitative estimate of drug-likeness (QED) is 0.840. The van der Waals surface area contributed by atoms with Gasteiger partial charge in [-0.3, -0.25) is 4.79 Å². The van der Waals surface area contributed by atoms with Gasteiger partial charge in [-0.1, -0.05) is 30.3 Å². The first-order valence-corrected chi connectivity index (χ1v) is 8.71. The number of aliphatic hydroxyl groups excluding tert-OH is 1. The third kappa shape index (κ3) is 5.96. The Kier molecular flexibility index (Phi) is 7.06. The number of hydrogen-bond donors (Lipinski definition) is 1. The second-order valence-electron chi connectivity index (χ2n) is 6.82. The lowest BCUT2D eigenvalue weighted by molar-refractivity contribution is -0.130. The zero-order valence-corrected chi connectivity index (χ0v) is 14.4. The highest BCUT2D eigenvalue weighted by molar-refractivity contribution is 5.75. The van der Waals surface area contributed by atoms with Gasteiger partial charge >= 0.3 is 0 Å². The Bertz CT molecular complexity index is 470. The minimum absolute atomic E-state index is 0.198. The van der Waals surface area contributed by atoms with Crippen LogP contribution >= 0.6 is 0 Å². The SMILES string of the molecule is CN1CCC(CCC(=O)N(C)CCC(O)c2ccccc2)CC1.